The molecule has 2 aliphatic rings. The molecule has 12 heavy (non-hydrogen) atoms. The summed E-state index contributed by atoms with van der Waals surface area (Å²) >= 11 is 0. The molecule has 1 heterocycles. The molecule has 1 aliphatic carbocycles. The monoisotopic (exact) mass is 161 g/mol. The molecular weight excluding hydrogens is 146 g/mol. The predicted octanol–water partition coefficient (Wildman–Crippen LogP) is 2.39. The Morgan fingerprint density at radius 1 is 1.25 bits per heavy atom. The molecule has 64 valence electrons. The highest BCUT2D eigenvalue weighted by Gasteiger charge is 2.44. The minimum atomic E-state index is 0.593. The maximum absolute atomic E-state index is 3.83. The average Bonchev–Trinajstić information content (AvgIpc) is 2.85. The van der Waals surface area contributed by atoms with Crippen molar-refractivity contribution in [3.63, 3.8) is 0 Å². The molecule has 0 unspecified atom stereocenters. The van der Waals surface area contributed by atoms with Crippen molar-refractivity contribution < 1.29 is 0 Å². The Balaban J connectivity index is 2.23. The number of hydrogen-bond acceptors (Lipinski definition) is 1. The molecule has 0 radical (unpaired) electrons. The van der Waals surface area contributed by atoms with Crippen LogP contribution in [0.25, 0.3) is 0 Å². The summed E-state index contributed by atoms with van der Waals surface area (Å²) in [5.74, 6) is 0. The van der Waals surface area contributed by atoms with E-state index in [4.69, 9.17) is 0 Å². The standard InChI is InChI=1S/C11H15N/c1-3-9-7-11(5-6-11)8-12-10(9)4-2/h3-4,12H,1-2,5-8H2. The highest BCUT2D eigenvalue weighted by molar-refractivity contribution is 5.35. The molecule has 1 aliphatic heterocycles. The second-order valence-electron chi connectivity index (χ2n) is 3.88. The molecule has 1 saturated carbocycles. The van der Waals surface area contributed by atoms with Gasteiger partial charge in [-0.05, 0) is 36.3 Å². The molecule has 2 rings (SSSR count). The predicted molar refractivity (Wildman–Crippen MR) is 51.7 cm³/mol. The Kier molecular flexibility index (Phi) is 1.60. The van der Waals surface area contributed by atoms with Crippen LogP contribution in [0, 0.1) is 5.41 Å². The summed E-state index contributed by atoms with van der Waals surface area (Å²) in [6.45, 7) is 8.74. The fourth-order valence-corrected chi connectivity index (χ4v) is 1.87. The molecule has 0 bridgehead atoms. The minimum absolute atomic E-state index is 0.593. The summed E-state index contributed by atoms with van der Waals surface area (Å²) in [6, 6.07) is 0. The van der Waals surface area contributed by atoms with E-state index in [1.54, 1.807) is 0 Å². The minimum Gasteiger partial charge on any atom is -0.384 e. The van der Waals surface area contributed by atoms with Crippen LogP contribution >= 0.6 is 0 Å². The van der Waals surface area contributed by atoms with Crippen molar-refractivity contribution in [2.75, 3.05) is 6.54 Å². The van der Waals surface area contributed by atoms with Gasteiger partial charge in [-0.1, -0.05) is 19.2 Å². The van der Waals surface area contributed by atoms with E-state index in [0.29, 0.717) is 5.41 Å². The van der Waals surface area contributed by atoms with Crippen LogP contribution in [0.3, 0.4) is 0 Å². The van der Waals surface area contributed by atoms with Crippen LogP contribution in [-0.2, 0) is 0 Å². The van der Waals surface area contributed by atoms with Crippen LogP contribution in [0.5, 0.6) is 0 Å². The molecular formula is C11H15N. The summed E-state index contributed by atoms with van der Waals surface area (Å²) in [5.41, 5.74) is 3.12. The van der Waals surface area contributed by atoms with Gasteiger partial charge in [-0.2, -0.15) is 0 Å². The van der Waals surface area contributed by atoms with E-state index in [2.05, 4.69) is 18.5 Å². The van der Waals surface area contributed by atoms with Gasteiger partial charge in [-0.25, -0.2) is 0 Å². The first-order valence-electron chi connectivity index (χ1n) is 4.52. The normalized spacial score (nSPS) is 25.0. The molecule has 0 aromatic carbocycles. The van der Waals surface area contributed by atoms with Gasteiger partial charge in [-0.3, -0.25) is 0 Å². The van der Waals surface area contributed by atoms with E-state index < -0.39 is 0 Å². The van der Waals surface area contributed by atoms with Gasteiger partial charge in [0.1, 0.15) is 0 Å². The van der Waals surface area contributed by atoms with Crippen LogP contribution in [0.15, 0.2) is 36.6 Å². The van der Waals surface area contributed by atoms with E-state index >= 15 is 0 Å². The zero-order valence-corrected chi connectivity index (χ0v) is 7.40. The Labute approximate surface area is 73.9 Å². The summed E-state index contributed by atoms with van der Waals surface area (Å²) in [7, 11) is 0. The van der Waals surface area contributed by atoms with Gasteiger partial charge in [0.25, 0.3) is 0 Å². The number of nitrogens with one attached hydrogen (secondary N) is 1. The zero-order chi connectivity index (χ0) is 8.60. The van der Waals surface area contributed by atoms with Crippen LogP contribution < -0.4 is 5.32 Å². The summed E-state index contributed by atoms with van der Waals surface area (Å²) in [6.07, 6.45) is 7.81. The van der Waals surface area contributed by atoms with Crippen LogP contribution in [0.4, 0.5) is 0 Å². The lowest BCUT2D eigenvalue weighted by atomic mass is 9.91. The number of allylic oxidation sites excluding steroid dienone is 3. The third-order valence-electron chi connectivity index (χ3n) is 2.97. The summed E-state index contributed by atoms with van der Waals surface area (Å²) in [4.78, 5) is 0. The Bertz CT molecular complexity index is 256. The van der Waals surface area contributed by atoms with Gasteiger partial charge in [0, 0.05) is 12.2 Å². The van der Waals surface area contributed by atoms with E-state index in [1.807, 2.05) is 12.2 Å². The van der Waals surface area contributed by atoms with Gasteiger partial charge in [0.2, 0.25) is 0 Å². The van der Waals surface area contributed by atoms with Gasteiger partial charge < -0.3 is 5.32 Å². The van der Waals surface area contributed by atoms with E-state index in [9.17, 15) is 0 Å². The first-order valence-corrected chi connectivity index (χ1v) is 4.52. The van der Waals surface area contributed by atoms with Gasteiger partial charge in [-0.15, -0.1) is 0 Å². The second kappa shape index (κ2) is 2.51. The Morgan fingerprint density at radius 2 is 2.00 bits per heavy atom. The number of hydrogen-bond donors (Lipinski definition) is 1. The van der Waals surface area contributed by atoms with Crippen molar-refractivity contribution in [1.29, 1.82) is 0 Å². The summed E-state index contributed by atoms with van der Waals surface area (Å²) in [5, 5.41) is 3.41. The Hall–Kier alpha value is -0.980. The second-order valence-corrected chi connectivity index (χ2v) is 3.88. The molecule has 1 N–H and O–H groups in total. The van der Waals surface area contributed by atoms with Gasteiger partial charge in [0.05, 0.1) is 0 Å². The maximum Gasteiger partial charge on any atom is 0.0366 e. The molecule has 0 amide bonds. The van der Waals surface area contributed by atoms with Crippen LogP contribution in [0.1, 0.15) is 19.3 Å². The lowest BCUT2D eigenvalue weighted by Gasteiger charge is -2.25. The fourth-order valence-electron chi connectivity index (χ4n) is 1.87. The highest BCUT2D eigenvalue weighted by Crippen LogP contribution is 2.52. The quantitative estimate of drug-likeness (QED) is 0.655. The molecule has 1 nitrogen and oxygen atoms in total. The molecule has 1 fully saturated rings. The lowest BCUT2D eigenvalue weighted by molar-refractivity contribution is 0.456. The third-order valence-corrected chi connectivity index (χ3v) is 2.97. The molecule has 0 atom stereocenters. The average molecular weight is 161 g/mol. The van der Waals surface area contributed by atoms with Crippen LogP contribution in [-0.4, -0.2) is 6.54 Å². The molecule has 1 spiro atoms. The maximum atomic E-state index is 3.83. The molecule has 0 saturated heterocycles. The fraction of sp³-hybridized carbons (Fsp3) is 0.455. The zero-order valence-electron chi connectivity index (χ0n) is 7.40. The number of rotatable bonds is 2. The third kappa shape index (κ3) is 1.09. The van der Waals surface area contributed by atoms with Crippen molar-refractivity contribution in [3.05, 3.63) is 36.6 Å². The molecule has 1 heteroatoms. The van der Waals surface area contributed by atoms with Gasteiger partial charge in [0.15, 0.2) is 0 Å². The molecule has 0 aromatic rings. The molecule has 0 aromatic heterocycles. The van der Waals surface area contributed by atoms with Crippen LogP contribution in [0.2, 0.25) is 0 Å². The van der Waals surface area contributed by atoms with Crippen molar-refractivity contribution in [1.82, 2.24) is 5.32 Å². The van der Waals surface area contributed by atoms with Crippen molar-refractivity contribution in [3.8, 4) is 0 Å². The van der Waals surface area contributed by atoms with Crippen molar-refractivity contribution in [2.24, 2.45) is 5.41 Å². The lowest BCUT2D eigenvalue weighted by Crippen LogP contribution is -2.29. The first kappa shape index (κ1) is 7.66. The summed E-state index contributed by atoms with van der Waals surface area (Å²) < 4.78 is 0. The smallest absolute Gasteiger partial charge is 0.0366 e. The highest BCUT2D eigenvalue weighted by atomic mass is 14.9. The SMILES string of the molecule is C=CC1=C(C=C)NCC2(CC2)C1. The van der Waals surface area contributed by atoms with Crippen molar-refractivity contribution in [2.45, 2.75) is 19.3 Å². The van der Waals surface area contributed by atoms with Crippen molar-refractivity contribution >= 4 is 0 Å². The van der Waals surface area contributed by atoms with Gasteiger partial charge >= 0.3 is 0 Å². The largest absolute Gasteiger partial charge is 0.384 e. The first-order chi connectivity index (χ1) is 5.79. The Morgan fingerprint density at radius 3 is 2.50 bits per heavy atom. The van der Waals surface area contributed by atoms with E-state index in [-0.39, 0.29) is 0 Å². The van der Waals surface area contributed by atoms with E-state index in [1.165, 1.54) is 30.5 Å². The topological polar surface area (TPSA) is 12.0 Å². The van der Waals surface area contributed by atoms with E-state index in [0.717, 1.165) is 6.54 Å².